The molecule has 0 fully saturated rings. The van der Waals surface area contributed by atoms with Gasteiger partial charge in [0.1, 0.15) is 6.61 Å². The summed E-state index contributed by atoms with van der Waals surface area (Å²) >= 11 is 0. The van der Waals surface area contributed by atoms with Crippen molar-refractivity contribution in [2.45, 2.75) is 6.61 Å². The van der Waals surface area contributed by atoms with Gasteiger partial charge >= 0.3 is 0 Å². The zero-order valence-corrected chi connectivity index (χ0v) is 9.58. The van der Waals surface area contributed by atoms with E-state index in [9.17, 15) is 10.1 Å². The Morgan fingerprint density at radius 2 is 1.72 bits per heavy atom. The first-order valence-corrected chi connectivity index (χ1v) is 5.42. The highest BCUT2D eigenvalue weighted by Crippen LogP contribution is 2.18. The fourth-order valence-electron chi connectivity index (χ4n) is 1.51. The van der Waals surface area contributed by atoms with E-state index in [1.807, 2.05) is 30.3 Å². The number of nitro benzene ring substituents is 1. The fraction of sp³-hybridized carbons (Fsp3) is 0.0769. The van der Waals surface area contributed by atoms with Gasteiger partial charge in [0, 0.05) is 6.07 Å². The highest BCUT2D eigenvalue weighted by atomic mass is 16.6. The van der Waals surface area contributed by atoms with Gasteiger partial charge in [-0.2, -0.15) is 0 Å². The van der Waals surface area contributed by atoms with Crippen LogP contribution in [0.15, 0.2) is 54.6 Å². The number of nitrogens with one attached hydrogen (secondary N) is 1. The van der Waals surface area contributed by atoms with Gasteiger partial charge in [-0.3, -0.25) is 20.4 Å². The first-order chi connectivity index (χ1) is 8.77. The Labute approximate surface area is 104 Å². The van der Waals surface area contributed by atoms with E-state index in [0.717, 1.165) is 5.69 Å². The minimum absolute atomic E-state index is 0.0624. The number of nitrogens with zero attached hydrogens (tertiary/aromatic N) is 1. The molecule has 0 atom stereocenters. The molecule has 0 aliphatic rings. The lowest BCUT2D eigenvalue weighted by molar-refractivity contribution is -0.385. The molecule has 5 heteroatoms. The van der Waals surface area contributed by atoms with Crippen LogP contribution in [0.25, 0.3) is 0 Å². The number of para-hydroxylation sites is 2. The lowest BCUT2D eigenvalue weighted by atomic mass is 10.2. The van der Waals surface area contributed by atoms with E-state index in [2.05, 4.69) is 5.48 Å². The van der Waals surface area contributed by atoms with E-state index in [0.29, 0.717) is 5.56 Å². The molecule has 18 heavy (non-hydrogen) atoms. The quantitative estimate of drug-likeness (QED) is 0.648. The fourth-order valence-corrected chi connectivity index (χ4v) is 1.51. The molecule has 0 radical (unpaired) electrons. The van der Waals surface area contributed by atoms with Crippen LogP contribution in [0.5, 0.6) is 0 Å². The zero-order valence-electron chi connectivity index (χ0n) is 9.58. The van der Waals surface area contributed by atoms with Crippen molar-refractivity contribution >= 4 is 11.4 Å². The van der Waals surface area contributed by atoms with Gasteiger partial charge in [-0.1, -0.05) is 30.3 Å². The molecule has 0 aromatic heterocycles. The first kappa shape index (κ1) is 12.1. The molecule has 0 amide bonds. The largest absolute Gasteiger partial charge is 0.275 e. The van der Waals surface area contributed by atoms with Crippen LogP contribution in [0.1, 0.15) is 5.56 Å². The van der Waals surface area contributed by atoms with Gasteiger partial charge in [0.05, 0.1) is 16.2 Å². The zero-order chi connectivity index (χ0) is 12.8. The summed E-state index contributed by atoms with van der Waals surface area (Å²) in [6.07, 6.45) is 0. The lowest BCUT2D eigenvalue weighted by Gasteiger charge is -2.07. The third-order valence-corrected chi connectivity index (χ3v) is 2.38. The van der Waals surface area contributed by atoms with Gasteiger partial charge in [0.2, 0.25) is 0 Å². The minimum atomic E-state index is -0.415. The van der Waals surface area contributed by atoms with Gasteiger partial charge < -0.3 is 0 Å². The summed E-state index contributed by atoms with van der Waals surface area (Å²) in [6.45, 7) is 0.131. The smallest absolute Gasteiger partial charge is 0.271 e. The maximum atomic E-state index is 10.8. The Morgan fingerprint density at radius 3 is 2.44 bits per heavy atom. The molecule has 0 bridgehead atoms. The summed E-state index contributed by atoms with van der Waals surface area (Å²) < 4.78 is 0. The molecular weight excluding hydrogens is 232 g/mol. The molecule has 92 valence electrons. The topological polar surface area (TPSA) is 64.4 Å². The van der Waals surface area contributed by atoms with E-state index in [1.54, 1.807) is 18.2 Å². The van der Waals surface area contributed by atoms with Gasteiger partial charge in [-0.15, -0.1) is 0 Å². The molecule has 0 saturated carbocycles. The Hall–Kier alpha value is -2.40. The molecule has 0 aliphatic heterocycles. The van der Waals surface area contributed by atoms with Crippen LogP contribution in [-0.2, 0) is 11.4 Å². The van der Waals surface area contributed by atoms with Gasteiger partial charge in [0.15, 0.2) is 0 Å². The van der Waals surface area contributed by atoms with E-state index in [4.69, 9.17) is 4.84 Å². The Morgan fingerprint density at radius 1 is 1.06 bits per heavy atom. The molecule has 2 aromatic rings. The predicted octanol–water partition coefficient (Wildman–Crippen LogP) is 3.14. The normalized spacial score (nSPS) is 10.0. The molecule has 0 aliphatic carbocycles. The maximum Gasteiger partial charge on any atom is 0.275 e. The third-order valence-electron chi connectivity index (χ3n) is 2.38. The van der Waals surface area contributed by atoms with Crippen LogP contribution >= 0.6 is 0 Å². The van der Waals surface area contributed by atoms with Crippen molar-refractivity contribution in [3.63, 3.8) is 0 Å². The van der Waals surface area contributed by atoms with Crippen LogP contribution < -0.4 is 5.48 Å². The molecular formula is C13H12N2O3. The van der Waals surface area contributed by atoms with Crippen LogP contribution in [0.3, 0.4) is 0 Å². The first-order valence-electron chi connectivity index (χ1n) is 5.42. The van der Waals surface area contributed by atoms with Crippen molar-refractivity contribution in [1.29, 1.82) is 0 Å². The van der Waals surface area contributed by atoms with E-state index >= 15 is 0 Å². The van der Waals surface area contributed by atoms with Crippen molar-refractivity contribution < 1.29 is 9.76 Å². The van der Waals surface area contributed by atoms with Gasteiger partial charge in [-0.05, 0) is 18.2 Å². The van der Waals surface area contributed by atoms with E-state index in [1.165, 1.54) is 6.07 Å². The third kappa shape index (κ3) is 3.05. The van der Waals surface area contributed by atoms with Crippen molar-refractivity contribution in [3.05, 3.63) is 70.3 Å². The van der Waals surface area contributed by atoms with E-state index < -0.39 is 4.92 Å². The molecule has 5 nitrogen and oxygen atoms in total. The van der Waals surface area contributed by atoms with Gasteiger partial charge in [0.25, 0.3) is 5.69 Å². The molecule has 0 spiro atoms. The summed E-state index contributed by atoms with van der Waals surface area (Å²) in [6, 6.07) is 15.8. The lowest BCUT2D eigenvalue weighted by Crippen LogP contribution is -2.03. The number of hydrogen-bond acceptors (Lipinski definition) is 4. The SMILES string of the molecule is O=[N+]([O-])c1ccccc1CONc1ccccc1. The van der Waals surface area contributed by atoms with Crippen LogP contribution in [0.4, 0.5) is 11.4 Å². The number of rotatable bonds is 5. The van der Waals surface area contributed by atoms with Gasteiger partial charge in [-0.25, -0.2) is 0 Å². The van der Waals surface area contributed by atoms with Crippen LogP contribution in [0, 0.1) is 10.1 Å². The number of nitro groups is 1. The molecule has 1 N–H and O–H groups in total. The second-order valence-corrected chi connectivity index (χ2v) is 3.64. The summed E-state index contributed by atoms with van der Waals surface area (Å²) in [7, 11) is 0. The Kier molecular flexibility index (Phi) is 3.88. The van der Waals surface area contributed by atoms with Crippen molar-refractivity contribution in [1.82, 2.24) is 0 Å². The summed E-state index contributed by atoms with van der Waals surface area (Å²) in [5.74, 6) is 0. The Balaban J connectivity index is 1.97. The molecule has 0 unspecified atom stereocenters. The summed E-state index contributed by atoms with van der Waals surface area (Å²) in [5.41, 5.74) is 4.13. The second kappa shape index (κ2) is 5.79. The predicted molar refractivity (Wildman–Crippen MR) is 68.0 cm³/mol. The van der Waals surface area contributed by atoms with Crippen molar-refractivity contribution in [2.75, 3.05) is 5.48 Å². The average molecular weight is 244 g/mol. The highest BCUT2D eigenvalue weighted by molar-refractivity contribution is 5.41. The minimum Gasteiger partial charge on any atom is -0.271 e. The van der Waals surface area contributed by atoms with E-state index in [-0.39, 0.29) is 12.3 Å². The number of anilines is 1. The summed E-state index contributed by atoms with van der Waals surface area (Å²) in [4.78, 5) is 15.6. The highest BCUT2D eigenvalue weighted by Gasteiger charge is 2.11. The Bertz CT molecular complexity index is 529. The molecule has 0 heterocycles. The molecule has 2 aromatic carbocycles. The van der Waals surface area contributed by atoms with Crippen LogP contribution in [0.2, 0.25) is 0 Å². The van der Waals surface area contributed by atoms with Crippen molar-refractivity contribution in [2.24, 2.45) is 0 Å². The van der Waals surface area contributed by atoms with Crippen LogP contribution in [-0.4, -0.2) is 4.92 Å². The number of benzene rings is 2. The maximum absolute atomic E-state index is 10.8. The summed E-state index contributed by atoms with van der Waals surface area (Å²) in [5, 5.41) is 10.8. The molecule has 0 saturated heterocycles. The average Bonchev–Trinajstić information content (AvgIpc) is 2.40. The number of hydrogen-bond donors (Lipinski definition) is 1. The monoisotopic (exact) mass is 244 g/mol. The standard InChI is InChI=1S/C13H12N2O3/c16-15(17)13-9-5-4-6-11(13)10-18-14-12-7-2-1-3-8-12/h1-9,14H,10H2. The second-order valence-electron chi connectivity index (χ2n) is 3.64. The van der Waals surface area contributed by atoms with Crippen molar-refractivity contribution in [3.8, 4) is 0 Å². The molecule has 2 rings (SSSR count).